The molecule has 1 aromatic carbocycles. The minimum absolute atomic E-state index is 0.102. The van der Waals surface area contributed by atoms with Gasteiger partial charge >= 0.3 is 0 Å². The second-order valence-corrected chi connectivity index (χ2v) is 7.44. The van der Waals surface area contributed by atoms with Crippen LogP contribution >= 0.6 is 15.9 Å². The highest BCUT2D eigenvalue weighted by Crippen LogP contribution is 2.14. The fraction of sp³-hybridized carbons (Fsp3) is 0.500. The van der Waals surface area contributed by atoms with E-state index in [4.69, 9.17) is 4.74 Å². The molecule has 1 aliphatic heterocycles. The molecule has 1 N–H and O–H groups in total. The van der Waals surface area contributed by atoms with Gasteiger partial charge in [0.05, 0.1) is 13.2 Å². The molecular weight excluding hydrogens is 332 g/mol. The summed E-state index contributed by atoms with van der Waals surface area (Å²) in [7, 11) is -3.27. The van der Waals surface area contributed by atoms with Crippen LogP contribution in [0.5, 0.6) is 0 Å². The number of halogens is 1. The number of morpholine rings is 1. The van der Waals surface area contributed by atoms with Crippen LogP contribution in [-0.4, -0.2) is 44.3 Å². The number of ether oxygens (including phenoxy) is 1. The van der Waals surface area contributed by atoms with Gasteiger partial charge in [0.1, 0.15) is 4.66 Å². The first-order chi connectivity index (χ1) is 9.09. The van der Waals surface area contributed by atoms with Crippen LogP contribution in [0.15, 0.2) is 24.3 Å². The summed E-state index contributed by atoms with van der Waals surface area (Å²) in [6, 6.07) is 7.47. The van der Waals surface area contributed by atoms with Crippen molar-refractivity contribution in [2.24, 2.45) is 0 Å². The topological polar surface area (TPSA) is 58.6 Å². The maximum atomic E-state index is 11.4. The van der Waals surface area contributed by atoms with Crippen LogP contribution < -0.4 is 4.72 Å². The number of nitrogens with zero attached hydrogens (tertiary/aromatic N) is 1. The van der Waals surface area contributed by atoms with E-state index in [1.807, 2.05) is 12.1 Å². The van der Waals surface area contributed by atoms with Crippen LogP contribution in [0, 0.1) is 0 Å². The molecule has 1 aliphatic rings. The van der Waals surface area contributed by atoms with E-state index in [0.717, 1.165) is 32.8 Å². The number of alkyl halides is 1. The summed E-state index contributed by atoms with van der Waals surface area (Å²) in [5.41, 5.74) is 1.76. The van der Waals surface area contributed by atoms with Gasteiger partial charge in [-0.15, -0.1) is 0 Å². The molecule has 7 heteroatoms. The van der Waals surface area contributed by atoms with Gasteiger partial charge in [0.2, 0.25) is 10.0 Å². The Morgan fingerprint density at radius 3 is 2.42 bits per heavy atom. The number of anilines is 1. The monoisotopic (exact) mass is 348 g/mol. The summed E-state index contributed by atoms with van der Waals surface area (Å²) in [6.07, 6.45) is 0. The van der Waals surface area contributed by atoms with Crippen LogP contribution in [0.1, 0.15) is 5.56 Å². The Morgan fingerprint density at radius 2 is 1.84 bits per heavy atom. The van der Waals surface area contributed by atoms with Gasteiger partial charge < -0.3 is 4.74 Å². The van der Waals surface area contributed by atoms with Gasteiger partial charge in [-0.2, -0.15) is 0 Å². The van der Waals surface area contributed by atoms with E-state index >= 15 is 0 Å². The number of sulfonamides is 1. The van der Waals surface area contributed by atoms with Crippen molar-refractivity contribution in [3.05, 3.63) is 29.8 Å². The molecule has 1 saturated heterocycles. The Morgan fingerprint density at radius 1 is 1.21 bits per heavy atom. The molecule has 106 valence electrons. The molecule has 0 aromatic heterocycles. The van der Waals surface area contributed by atoms with Crippen molar-refractivity contribution in [2.75, 3.05) is 35.7 Å². The second-order valence-electron chi connectivity index (χ2n) is 4.41. The smallest absolute Gasteiger partial charge is 0.242 e. The zero-order valence-corrected chi connectivity index (χ0v) is 12.9. The van der Waals surface area contributed by atoms with E-state index in [9.17, 15) is 8.42 Å². The van der Waals surface area contributed by atoms with Gasteiger partial charge in [-0.25, -0.2) is 8.42 Å². The molecular formula is C12H17BrN2O3S. The lowest BCUT2D eigenvalue weighted by molar-refractivity contribution is 0.0342. The van der Waals surface area contributed by atoms with Gasteiger partial charge in [-0.3, -0.25) is 9.62 Å². The first-order valence-corrected chi connectivity index (χ1v) is 8.82. The molecule has 0 spiro atoms. The molecule has 0 atom stereocenters. The zero-order chi connectivity index (χ0) is 13.7. The lowest BCUT2D eigenvalue weighted by atomic mass is 10.2. The summed E-state index contributed by atoms with van der Waals surface area (Å²) >= 11 is 2.94. The molecule has 2 rings (SSSR count). The van der Waals surface area contributed by atoms with Crippen molar-refractivity contribution in [2.45, 2.75) is 6.54 Å². The average molecular weight is 349 g/mol. The Hall–Kier alpha value is -0.630. The number of benzene rings is 1. The Kier molecular flexibility index (Phi) is 5.20. The third kappa shape index (κ3) is 4.76. The maximum Gasteiger partial charge on any atom is 0.242 e. The first-order valence-electron chi connectivity index (χ1n) is 6.04. The van der Waals surface area contributed by atoms with Gasteiger partial charge in [0.15, 0.2) is 0 Å². The lowest BCUT2D eigenvalue weighted by Crippen LogP contribution is -2.35. The van der Waals surface area contributed by atoms with Crippen molar-refractivity contribution in [1.82, 2.24) is 4.90 Å². The van der Waals surface area contributed by atoms with Crippen LogP contribution in [-0.2, 0) is 21.3 Å². The number of hydrogen-bond donors (Lipinski definition) is 1. The van der Waals surface area contributed by atoms with E-state index in [1.165, 1.54) is 5.56 Å². The molecule has 5 nitrogen and oxygen atoms in total. The van der Waals surface area contributed by atoms with Crippen molar-refractivity contribution in [1.29, 1.82) is 0 Å². The predicted octanol–water partition coefficient (Wildman–Crippen LogP) is 1.61. The fourth-order valence-electron chi connectivity index (χ4n) is 1.90. The largest absolute Gasteiger partial charge is 0.379 e. The molecule has 0 aliphatic carbocycles. The Labute approximate surface area is 122 Å². The van der Waals surface area contributed by atoms with Crippen LogP contribution in [0.2, 0.25) is 0 Å². The van der Waals surface area contributed by atoms with Gasteiger partial charge in [0, 0.05) is 25.3 Å². The molecule has 0 saturated carbocycles. The molecule has 0 unspecified atom stereocenters. The highest BCUT2D eigenvalue weighted by Gasteiger charge is 2.11. The van der Waals surface area contributed by atoms with Crippen molar-refractivity contribution in [3.63, 3.8) is 0 Å². The minimum Gasteiger partial charge on any atom is -0.379 e. The molecule has 19 heavy (non-hydrogen) atoms. The van der Waals surface area contributed by atoms with Gasteiger partial charge in [-0.1, -0.05) is 28.1 Å². The molecule has 0 radical (unpaired) electrons. The molecule has 1 aromatic rings. The second kappa shape index (κ2) is 6.69. The summed E-state index contributed by atoms with van der Waals surface area (Å²) in [4.78, 5) is 2.32. The van der Waals surface area contributed by atoms with Crippen LogP contribution in [0.4, 0.5) is 5.69 Å². The highest BCUT2D eigenvalue weighted by molar-refractivity contribution is 9.10. The van der Waals surface area contributed by atoms with E-state index in [-0.39, 0.29) is 4.66 Å². The number of hydrogen-bond acceptors (Lipinski definition) is 4. The van der Waals surface area contributed by atoms with Crippen molar-refractivity contribution < 1.29 is 13.2 Å². The average Bonchev–Trinajstić information content (AvgIpc) is 2.42. The van der Waals surface area contributed by atoms with E-state index in [1.54, 1.807) is 12.1 Å². The van der Waals surface area contributed by atoms with Crippen LogP contribution in [0.25, 0.3) is 0 Å². The molecule has 0 bridgehead atoms. The summed E-state index contributed by atoms with van der Waals surface area (Å²) in [6.45, 7) is 4.32. The minimum atomic E-state index is -3.27. The molecule has 1 fully saturated rings. The summed E-state index contributed by atoms with van der Waals surface area (Å²) < 4.78 is 30.5. The Balaban J connectivity index is 1.94. The van der Waals surface area contributed by atoms with Gasteiger partial charge in [0.25, 0.3) is 0 Å². The Bertz CT molecular complexity index is 498. The van der Waals surface area contributed by atoms with Crippen molar-refractivity contribution >= 4 is 31.6 Å². The lowest BCUT2D eigenvalue weighted by Gasteiger charge is -2.26. The SMILES string of the molecule is O=S(=O)(CBr)Nc1ccc(CN2CCOCC2)cc1. The molecule has 1 heterocycles. The highest BCUT2D eigenvalue weighted by atomic mass is 79.9. The predicted molar refractivity (Wildman–Crippen MR) is 78.9 cm³/mol. The van der Waals surface area contributed by atoms with Crippen molar-refractivity contribution in [3.8, 4) is 0 Å². The number of rotatable bonds is 5. The normalized spacial score (nSPS) is 17.3. The maximum absolute atomic E-state index is 11.4. The summed E-state index contributed by atoms with van der Waals surface area (Å²) in [5.74, 6) is 0. The van der Waals surface area contributed by atoms with Crippen LogP contribution in [0.3, 0.4) is 0 Å². The van der Waals surface area contributed by atoms with E-state index < -0.39 is 10.0 Å². The first kappa shape index (κ1) is 14.8. The summed E-state index contributed by atoms with van der Waals surface area (Å²) in [5, 5.41) is 0. The third-order valence-corrected chi connectivity index (χ3v) is 5.52. The third-order valence-electron chi connectivity index (χ3n) is 2.88. The van der Waals surface area contributed by atoms with E-state index in [0.29, 0.717) is 5.69 Å². The van der Waals surface area contributed by atoms with Gasteiger partial charge in [-0.05, 0) is 17.7 Å². The molecule has 0 amide bonds. The zero-order valence-electron chi connectivity index (χ0n) is 10.5. The fourth-order valence-corrected chi connectivity index (χ4v) is 2.80. The quantitative estimate of drug-likeness (QED) is 0.821. The number of nitrogens with one attached hydrogen (secondary N) is 1. The van der Waals surface area contributed by atoms with E-state index in [2.05, 4.69) is 25.6 Å². The standard InChI is InChI=1S/C12H17BrN2O3S/c13-10-19(16,17)14-12-3-1-11(2-4-12)9-15-5-7-18-8-6-15/h1-4,14H,5-10H2.